The van der Waals surface area contributed by atoms with E-state index in [9.17, 15) is 5.11 Å². The van der Waals surface area contributed by atoms with Gasteiger partial charge in [-0.05, 0) is 77.6 Å². The van der Waals surface area contributed by atoms with Crippen molar-refractivity contribution in [1.29, 1.82) is 0 Å². The van der Waals surface area contributed by atoms with Gasteiger partial charge in [0.25, 0.3) is 0 Å². The summed E-state index contributed by atoms with van der Waals surface area (Å²) in [6.07, 6.45) is 1.83. The number of aliphatic hydroxyl groups excluding tert-OH is 1. The van der Waals surface area contributed by atoms with Crippen LogP contribution in [-0.4, -0.2) is 35.3 Å². The van der Waals surface area contributed by atoms with Crippen molar-refractivity contribution in [3.05, 3.63) is 87.0 Å². The zero-order valence-corrected chi connectivity index (χ0v) is 22.0. The quantitative estimate of drug-likeness (QED) is 0.300. The molecule has 0 spiro atoms. The molecule has 0 saturated carbocycles. The summed E-state index contributed by atoms with van der Waals surface area (Å²) in [5.41, 5.74) is 7.26. The van der Waals surface area contributed by atoms with Crippen LogP contribution in [0.4, 0.5) is 0 Å². The van der Waals surface area contributed by atoms with E-state index in [1.807, 2.05) is 22.8 Å². The van der Waals surface area contributed by atoms with E-state index in [-0.39, 0.29) is 20.2 Å². The Balaban J connectivity index is 0.00000280. The maximum absolute atomic E-state index is 10.2. The van der Waals surface area contributed by atoms with Gasteiger partial charge in [0.15, 0.2) is 11.5 Å². The number of rotatable bonds is 6. The van der Waals surface area contributed by atoms with Gasteiger partial charge in [0.1, 0.15) is 19.1 Å². The summed E-state index contributed by atoms with van der Waals surface area (Å²) in [6.45, 7) is 2.22. The largest absolute Gasteiger partial charge is 0.497 e. The maximum Gasteiger partial charge on any atom is 0.162 e. The lowest BCUT2D eigenvalue weighted by Gasteiger charge is -2.41. The fraction of sp³-hybridized carbons (Fsp3) is 0.333. The molecule has 2 aliphatic rings. The smallest absolute Gasteiger partial charge is 0.162 e. The Bertz CT molecular complexity index is 1430. The number of aromatic nitrogens is 1. The minimum atomic E-state index is -0.0293. The number of benzene rings is 3. The highest BCUT2D eigenvalue weighted by Crippen LogP contribution is 2.45. The van der Waals surface area contributed by atoms with Crippen LogP contribution in [0.2, 0.25) is 0 Å². The molecule has 1 unspecified atom stereocenters. The van der Waals surface area contributed by atoms with Crippen molar-refractivity contribution in [2.75, 3.05) is 20.8 Å². The van der Waals surface area contributed by atoms with E-state index in [4.69, 9.17) is 14.2 Å². The summed E-state index contributed by atoms with van der Waals surface area (Å²) >= 11 is 3.49. The van der Waals surface area contributed by atoms with Crippen LogP contribution in [0.3, 0.4) is 0 Å². The molecular formula is C30H33BrN2O4. The number of hydrogen-bond acceptors (Lipinski definition) is 5. The monoisotopic (exact) mass is 564 g/mol. The summed E-state index contributed by atoms with van der Waals surface area (Å²) in [4.78, 5) is 2.53. The van der Waals surface area contributed by atoms with Gasteiger partial charge in [-0.1, -0.05) is 35.5 Å². The second-order valence-electron chi connectivity index (χ2n) is 9.44. The molecule has 0 aliphatic carbocycles. The minimum absolute atomic E-state index is 0. The summed E-state index contributed by atoms with van der Waals surface area (Å²) < 4.78 is 20.6. The van der Waals surface area contributed by atoms with E-state index in [1.165, 1.54) is 22.4 Å². The highest BCUT2D eigenvalue weighted by Gasteiger charge is 2.36. The first-order valence-corrected chi connectivity index (χ1v) is 13.0. The van der Waals surface area contributed by atoms with Crippen molar-refractivity contribution >= 4 is 26.8 Å². The summed E-state index contributed by atoms with van der Waals surface area (Å²) in [6, 6.07) is 18.9. The number of halogens is 1. The van der Waals surface area contributed by atoms with E-state index in [1.54, 1.807) is 14.2 Å². The van der Waals surface area contributed by atoms with E-state index >= 15 is 0 Å². The number of fused-ring (bicyclic) bond motifs is 6. The molecule has 0 bridgehead atoms. The van der Waals surface area contributed by atoms with Crippen molar-refractivity contribution < 1.29 is 19.3 Å². The summed E-state index contributed by atoms with van der Waals surface area (Å²) in [5, 5.41) is 11.4. The van der Waals surface area contributed by atoms with Gasteiger partial charge in [-0.2, -0.15) is 0 Å². The van der Waals surface area contributed by atoms with Gasteiger partial charge in [0.05, 0.1) is 19.7 Å². The number of hydrogen-bond donors (Lipinski definition) is 1. The highest BCUT2D eigenvalue weighted by molar-refractivity contribution is 9.10. The highest BCUT2D eigenvalue weighted by atomic mass is 79.9. The van der Waals surface area contributed by atoms with Crippen LogP contribution < -0.4 is 14.2 Å². The molecule has 6 rings (SSSR count). The number of aliphatic hydroxyl groups is 1. The van der Waals surface area contributed by atoms with Crippen molar-refractivity contribution in [1.82, 2.24) is 9.47 Å². The number of methoxy groups -OCH3 is 2. The zero-order valence-electron chi connectivity index (χ0n) is 20.5. The Labute approximate surface area is 226 Å². The maximum atomic E-state index is 10.2. The first-order chi connectivity index (χ1) is 17.6. The lowest BCUT2D eigenvalue weighted by molar-refractivity contribution is 0.145. The molecule has 1 N–H and O–H groups in total. The molecule has 0 fully saturated rings. The lowest BCUT2D eigenvalue weighted by atomic mass is 9.85. The molecule has 0 radical (unpaired) electrons. The third kappa shape index (κ3) is 4.49. The minimum Gasteiger partial charge on any atom is -0.497 e. The Morgan fingerprint density at radius 1 is 1.00 bits per heavy atom. The standard InChI is InChI=1S/C29H29BrN2O4.CH4/c1-34-21-7-8-25-23(12-21)24-13-26-22-14-29(36-16-18-3-5-20(30)6-4-18)28(35-2)11-19(22)9-10-31(26)15-27(24)32(25)17-33;/h3-8,11-12,14,26,33H,9-10,13,15-17H2,1-2H3;1H4. The van der Waals surface area contributed by atoms with Gasteiger partial charge >= 0.3 is 0 Å². The normalized spacial score (nSPS) is 16.4. The average Bonchev–Trinajstić information content (AvgIpc) is 3.22. The second kappa shape index (κ2) is 10.4. The van der Waals surface area contributed by atoms with Crippen LogP contribution in [0.25, 0.3) is 10.9 Å². The fourth-order valence-electron chi connectivity index (χ4n) is 5.74. The van der Waals surface area contributed by atoms with Gasteiger partial charge in [-0.3, -0.25) is 4.90 Å². The number of ether oxygens (including phenoxy) is 3. The Morgan fingerprint density at radius 2 is 1.81 bits per heavy atom. The molecule has 0 saturated heterocycles. The molecule has 2 aliphatic heterocycles. The zero-order chi connectivity index (χ0) is 24.8. The van der Waals surface area contributed by atoms with Crippen LogP contribution in [-0.2, 0) is 32.7 Å². The Morgan fingerprint density at radius 3 is 2.54 bits per heavy atom. The van der Waals surface area contributed by atoms with Crippen LogP contribution in [0.1, 0.15) is 41.4 Å². The second-order valence-corrected chi connectivity index (χ2v) is 10.4. The first kappa shape index (κ1) is 25.6. The summed E-state index contributed by atoms with van der Waals surface area (Å²) in [5.74, 6) is 2.38. The van der Waals surface area contributed by atoms with Crippen LogP contribution in [0.5, 0.6) is 17.2 Å². The molecule has 37 heavy (non-hydrogen) atoms. The molecular weight excluding hydrogens is 532 g/mol. The van der Waals surface area contributed by atoms with E-state index in [0.29, 0.717) is 6.61 Å². The van der Waals surface area contributed by atoms with E-state index < -0.39 is 0 Å². The topological polar surface area (TPSA) is 56.1 Å². The molecule has 0 amide bonds. The molecule has 7 heteroatoms. The van der Waals surface area contributed by atoms with Crippen molar-refractivity contribution in [2.45, 2.75) is 46.2 Å². The SMILES string of the molecule is C.COc1ccc2c(c1)c1c(n2CO)CN2CCc3cc(OC)c(OCc4ccc(Br)cc4)cc3C2C1. The third-order valence-corrected chi connectivity index (χ3v) is 8.12. The molecule has 1 aromatic heterocycles. The average molecular weight is 566 g/mol. The molecule has 1 atom stereocenters. The molecule has 4 aromatic rings. The molecule has 3 heterocycles. The van der Waals surface area contributed by atoms with E-state index in [2.05, 4.69) is 57.2 Å². The van der Waals surface area contributed by atoms with Gasteiger partial charge in [-0.25, -0.2) is 0 Å². The van der Waals surface area contributed by atoms with Crippen molar-refractivity contribution in [2.24, 2.45) is 0 Å². The van der Waals surface area contributed by atoms with Gasteiger partial charge < -0.3 is 23.9 Å². The predicted octanol–water partition coefficient (Wildman–Crippen LogP) is 6.24. The molecule has 3 aromatic carbocycles. The summed E-state index contributed by atoms with van der Waals surface area (Å²) in [7, 11) is 3.40. The van der Waals surface area contributed by atoms with Crippen LogP contribution in [0, 0.1) is 0 Å². The van der Waals surface area contributed by atoms with Crippen LogP contribution >= 0.6 is 15.9 Å². The number of nitrogens with zero attached hydrogens (tertiary/aromatic N) is 2. The van der Waals surface area contributed by atoms with Gasteiger partial charge in [0, 0.05) is 34.7 Å². The van der Waals surface area contributed by atoms with Crippen molar-refractivity contribution in [3.8, 4) is 17.2 Å². The fourth-order valence-corrected chi connectivity index (χ4v) is 6.01. The first-order valence-electron chi connectivity index (χ1n) is 12.2. The van der Waals surface area contributed by atoms with Crippen LogP contribution in [0.15, 0.2) is 59.1 Å². The lowest BCUT2D eigenvalue weighted by Crippen LogP contribution is -2.39. The van der Waals surface area contributed by atoms with Crippen molar-refractivity contribution in [3.63, 3.8) is 0 Å². The molecule has 6 nitrogen and oxygen atoms in total. The Hall–Kier alpha value is -3.00. The van der Waals surface area contributed by atoms with Gasteiger partial charge in [0.2, 0.25) is 0 Å². The third-order valence-electron chi connectivity index (χ3n) is 7.59. The van der Waals surface area contributed by atoms with E-state index in [0.717, 1.165) is 64.1 Å². The Kier molecular flexibility index (Phi) is 7.21. The van der Waals surface area contributed by atoms with Gasteiger partial charge in [-0.15, -0.1) is 0 Å². The molecule has 194 valence electrons. The predicted molar refractivity (Wildman–Crippen MR) is 149 cm³/mol.